The fraction of sp³-hybridized carbons (Fsp3) is 0.882. The molecule has 1 aliphatic carbocycles. The van der Waals surface area contributed by atoms with E-state index in [2.05, 4.69) is 39.7 Å². The number of carbonyl (C=O) groups is 1. The summed E-state index contributed by atoms with van der Waals surface area (Å²) in [5.74, 6) is 1.25. The lowest BCUT2D eigenvalue weighted by Crippen LogP contribution is -2.52. The third kappa shape index (κ3) is 8.54. The Bertz CT molecular complexity index is 423. The van der Waals surface area contributed by atoms with Crippen molar-refractivity contribution in [2.75, 3.05) is 45.9 Å². The fourth-order valence-electron chi connectivity index (χ4n) is 2.89. The molecule has 0 bridgehead atoms. The molecule has 1 aliphatic heterocycles. The SMILES string of the molecule is CCNC(=NCC(=O)NC1CC1)NCC(C(C)C)N1CCOCC1.I. The Morgan fingerprint density at radius 1 is 1.24 bits per heavy atom. The van der Waals surface area contributed by atoms with Gasteiger partial charge in [-0.2, -0.15) is 0 Å². The molecule has 0 aromatic carbocycles. The molecule has 1 unspecified atom stereocenters. The maximum atomic E-state index is 11.8. The molecule has 1 atom stereocenters. The normalized spacial score (nSPS) is 19.9. The number of nitrogens with one attached hydrogen (secondary N) is 3. The lowest BCUT2D eigenvalue weighted by atomic mass is 10.0. The van der Waals surface area contributed by atoms with E-state index in [1.807, 2.05) is 6.92 Å². The van der Waals surface area contributed by atoms with E-state index in [0.29, 0.717) is 24.0 Å². The predicted molar refractivity (Wildman–Crippen MR) is 112 cm³/mol. The number of morpholine rings is 1. The molecule has 0 aromatic heterocycles. The Morgan fingerprint density at radius 3 is 2.48 bits per heavy atom. The number of hydrogen-bond acceptors (Lipinski definition) is 4. The zero-order valence-corrected chi connectivity index (χ0v) is 18.0. The van der Waals surface area contributed by atoms with E-state index < -0.39 is 0 Å². The lowest BCUT2D eigenvalue weighted by molar-refractivity contribution is -0.119. The first-order valence-electron chi connectivity index (χ1n) is 9.23. The van der Waals surface area contributed by atoms with Crippen molar-refractivity contribution in [2.45, 2.75) is 45.7 Å². The Labute approximate surface area is 168 Å². The van der Waals surface area contributed by atoms with Gasteiger partial charge >= 0.3 is 0 Å². The van der Waals surface area contributed by atoms with Crippen molar-refractivity contribution in [3.8, 4) is 0 Å². The van der Waals surface area contributed by atoms with Crippen LogP contribution in [0, 0.1) is 5.92 Å². The van der Waals surface area contributed by atoms with E-state index in [0.717, 1.165) is 52.2 Å². The van der Waals surface area contributed by atoms with Crippen molar-refractivity contribution in [1.29, 1.82) is 0 Å². The topological polar surface area (TPSA) is 78.0 Å². The average molecular weight is 467 g/mol. The van der Waals surface area contributed by atoms with Crippen LogP contribution >= 0.6 is 24.0 Å². The van der Waals surface area contributed by atoms with Crippen LogP contribution in [0.2, 0.25) is 0 Å². The number of guanidine groups is 1. The molecule has 2 fully saturated rings. The molecule has 0 radical (unpaired) electrons. The first-order valence-corrected chi connectivity index (χ1v) is 9.23. The van der Waals surface area contributed by atoms with E-state index in [9.17, 15) is 4.79 Å². The highest BCUT2D eigenvalue weighted by Crippen LogP contribution is 2.18. The second-order valence-electron chi connectivity index (χ2n) is 6.88. The number of ether oxygens (including phenoxy) is 1. The zero-order chi connectivity index (χ0) is 17.4. The van der Waals surface area contributed by atoms with E-state index in [4.69, 9.17) is 4.74 Å². The summed E-state index contributed by atoms with van der Waals surface area (Å²) in [6, 6.07) is 0.813. The molecule has 1 saturated carbocycles. The molecular formula is C17H34IN5O2. The van der Waals surface area contributed by atoms with E-state index >= 15 is 0 Å². The van der Waals surface area contributed by atoms with Crippen molar-refractivity contribution >= 4 is 35.8 Å². The fourth-order valence-corrected chi connectivity index (χ4v) is 2.89. The molecule has 1 amide bonds. The minimum absolute atomic E-state index is 0. The Kier molecular flexibility index (Phi) is 10.7. The molecule has 25 heavy (non-hydrogen) atoms. The smallest absolute Gasteiger partial charge is 0.242 e. The predicted octanol–water partition coefficient (Wildman–Crippen LogP) is 0.795. The van der Waals surface area contributed by atoms with Gasteiger partial charge in [0.05, 0.1) is 13.2 Å². The summed E-state index contributed by atoms with van der Waals surface area (Å²) in [4.78, 5) is 18.7. The van der Waals surface area contributed by atoms with Crippen LogP contribution < -0.4 is 16.0 Å². The second-order valence-corrected chi connectivity index (χ2v) is 6.88. The highest BCUT2D eigenvalue weighted by atomic mass is 127. The quantitative estimate of drug-likeness (QED) is 0.280. The molecule has 8 heteroatoms. The van der Waals surface area contributed by atoms with Gasteiger partial charge in [-0.3, -0.25) is 9.69 Å². The van der Waals surface area contributed by atoms with Crippen LogP contribution in [0.3, 0.4) is 0 Å². The molecule has 0 aromatic rings. The third-order valence-electron chi connectivity index (χ3n) is 4.43. The summed E-state index contributed by atoms with van der Waals surface area (Å²) in [6.45, 7) is 11.8. The lowest BCUT2D eigenvalue weighted by Gasteiger charge is -2.37. The molecule has 0 spiro atoms. The van der Waals surface area contributed by atoms with Gasteiger partial charge in [0.25, 0.3) is 0 Å². The van der Waals surface area contributed by atoms with E-state index in [-0.39, 0.29) is 36.4 Å². The maximum absolute atomic E-state index is 11.8. The van der Waals surface area contributed by atoms with Crippen molar-refractivity contribution in [1.82, 2.24) is 20.9 Å². The maximum Gasteiger partial charge on any atom is 0.242 e. The summed E-state index contributed by atoms with van der Waals surface area (Å²) < 4.78 is 5.45. The number of aliphatic imine (C=N–C) groups is 1. The van der Waals surface area contributed by atoms with Crippen LogP contribution in [-0.2, 0) is 9.53 Å². The largest absolute Gasteiger partial charge is 0.379 e. The van der Waals surface area contributed by atoms with Crippen LogP contribution in [0.4, 0.5) is 0 Å². The molecule has 7 nitrogen and oxygen atoms in total. The van der Waals surface area contributed by atoms with Crippen LogP contribution in [0.1, 0.15) is 33.6 Å². The minimum Gasteiger partial charge on any atom is -0.379 e. The number of halogens is 1. The standard InChI is InChI=1S/C17H33N5O2.HI/c1-4-18-17(20-12-16(23)21-14-5-6-14)19-11-15(13(2)3)22-7-9-24-10-8-22;/h13-15H,4-12H2,1-3H3,(H,21,23)(H2,18,19,20);1H. The Morgan fingerprint density at radius 2 is 1.92 bits per heavy atom. The summed E-state index contributed by atoms with van der Waals surface area (Å²) in [7, 11) is 0. The molecule has 3 N–H and O–H groups in total. The Hall–Kier alpha value is -0.610. The van der Waals surface area contributed by atoms with Crippen LogP contribution in [-0.4, -0.2) is 74.8 Å². The van der Waals surface area contributed by atoms with E-state index in [1.54, 1.807) is 0 Å². The summed E-state index contributed by atoms with van der Waals surface area (Å²) >= 11 is 0. The monoisotopic (exact) mass is 467 g/mol. The van der Waals surface area contributed by atoms with Gasteiger partial charge in [0.2, 0.25) is 5.91 Å². The molecule has 2 rings (SSSR count). The van der Waals surface area contributed by atoms with Crippen LogP contribution in [0.5, 0.6) is 0 Å². The molecule has 146 valence electrons. The van der Waals surface area contributed by atoms with Gasteiger partial charge in [0.15, 0.2) is 5.96 Å². The number of amides is 1. The van der Waals surface area contributed by atoms with Crippen molar-refractivity contribution in [2.24, 2.45) is 10.9 Å². The Balaban J connectivity index is 0.00000312. The van der Waals surface area contributed by atoms with Gasteiger partial charge in [0, 0.05) is 38.3 Å². The molecule has 1 heterocycles. The van der Waals surface area contributed by atoms with Gasteiger partial charge in [-0.25, -0.2) is 4.99 Å². The molecular weight excluding hydrogens is 433 g/mol. The van der Waals surface area contributed by atoms with Crippen LogP contribution in [0.15, 0.2) is 4.99 Å². The molecule has 1 saturated heterocycles. The first kappa shape index (κ1) is 22.4. The van der Waals surface area contributed by atoms with E-state index in [1.165, 1.54) is 0 Å². The van der Waals surface area contributed by atoms with Gasteiger partial charge < -0.3 is 20.7 Å². The summed E-state index contributed by atoms with van der Waals surface area (Å²) in [5, 5.41) is 9.58. The van der Waals surface area contributed by atoms with Crippen LogP contribution in [0.25, 0.3) is 0 Å². The van der Waals surface area contributed by atoms with Crippen molar-refractivity contribution in [3.05, 3.63) is 0 Å². The first-order chi connectivity index (χ1) is 11.6. The highest BCUT2D eigenvalue weighted by Gasteiger charge is 2.24. The number of carbonyl (C=O) groups excluding carboxylic acids is 1. The zero-order valence-electron chi connectivity index (χ0n) is 15.7. The molecule has 2 aliphatic rings. The number of hydrogen-bond donors (Lipinski definition) is 3. The van der Waals surface area contributed by atoms with Crippen molar-refractivity contribution in [3.63, 3.8) is 0 Å². The average Bonchev–Trinajstić information content (AvgIpc) is 3.37. The second kappa shape index (κ2) is 11.9. The highest BCUT2D eigenvalue weighted by molar-refractivity contribution is 14.0. The third-order valence-corrected chi connectivity index (χ3v) is 4.43. The van der Waals surface area contributed by atoms with Crippen molar-refractivity contribution < 1.29 is 9.53 Å². The number of rotatable bonds is 8. The summed E-state index contributed by atoms with van der Waals surface area (Å²) in [5.41, 5.74) is 0. The van der Waals surface area contributed by atoms with Gasteiger partial charge in [-0.05, 0) is 25.7 Å². The summed E-state index contributed by atoms with van der Waals surface area (Å²) in [6.07, 6.45) is 2.20. The van der Waals surface area contributed by atoms with Gasteiger partial charge in [0.1, 0.15) is 6.54 Å². The van der Waals surface area contributed by atoms with Gasteiger partial charge in [-0.1, -0.05) is 13.8 Å². The minimum atomic E-state index is 0. The van der Waals surface area contributed by atoms with Gasteiger partial charge in [-0.15, -0.1) is 24.0 Å². The number of nitrogens with zero attached hydrogens (tertiary/aromatic N) is 2.